The van der Waals surface area contributed by atoms with E-state index in [1.807, 2.05) is 21.0 Å². The van der Waals surface area contributed by atoms with Crippen molar-refractivity contribution in [3.05, 3.63) is 28.2 Å². The van der Waals surface area contributed by atoms with Gasteiger partial charge in [0.25, 0.3) is 0 Å². The summed E-state index contributed by atoms with van der Waals surface area (Å²) in [6.07, 6.45) is 0.866. The minimum absolute atomic E-state index is 0.0121. The maximum absolute atomic E-state index is 11.0. The number of thiazole rings is 1. The van der Waals surface area contributed by atoms with Crippen LogP contribution in [0.1, 0.15) is 23.8 Å². The van der Waals surface area contributed by atoms with Crippen LogP contribution in [0.25, 0.3) is 10.6 Å². The zero-order valence-electron chi connectivity index (χ0n) is 14.4. The van der Waals surface area contributed by atoms with E-state index in [4.69, 9.17) is 26.2 Å². The summed E-state index contributed by atoms with van der Waals surface area (Å²) in [5, 5.41) is 11.5. The third-order valence-corrected chi connectivity index (χ3v) is 4.45. The Morgan fingerprint density at radius 3 is 2.72 bits per heavy atom. The van der Waals surface area contributed by atoms with Crippen molar-refractivity contribution in [1.29, 1.82) is 0 Å². The summed E-state index contributed by atoms with van der Waals surface area (Å²) >= 11 is 7.62. The van der Waals surface area contributed by atoms with Gasteiger partial charge in [0.15, 0.2) is 17.2 Å². The van der Waals surface area contributed by atoms with Gasteiger partial charge in [-0.3, -0.25) is 0 Å². The highest BCUT2D eigenvalue weighted by molar-refractivity contribution is 7.13. The molecule has 2 aromatic rings. The average Bonchev–Trinajstić information content (AvgIpc) is 3.03. The Labute approximate surface area is 156 Å². The molecule has 0 atom stereocenters. The molecule has 0 aliphatic heterocycles. The predicted molar refractivity (Wildman–Crippen MR) is 99.4 cm³/mol. The number of carboxylic acids is 1. The molecule has 0 spiro atoms. The molecule has 1 aromatic carbocycles. The van der Waals surface area contributed by atoms with E-state index in [0.717, 1.165) is 13.0 Å². The summed E-state index contributed by atoms with van der Waals surface area (Å²) in [4.78, 5) is 17.2. The van der Waals surface area contributed by atoms with Crippen molar-refractivity contribution in [2.45, 2.75) is 13.3 Å². The molecule has 0 bridgehead atoms. The number of carbonyl (C=O) groups is 1. The number of rotatable bonds is 9. The summed E-state index contributed by atoms with van der Waals surface area (Å²) < 4.78 is 11.5. The molecule has 0 aliphatic carbocycles. The van der Waals surface area contributed by atoms with Gasteiger partial charge in [-0.05, 0) is 39.6 Å². The molecule has 0 unspecified atom stereocenters. The quantitative estimate of drug-likeness (QED) is 0.661. The Balaban J connectivity index is 2.24. The first-order chi connectivity index (χ1) is 11.9. The highest BCUT2D eigenvalue weighted by Gasteiger charge is 2.16. The van der Waals surface area contributed by atoms with Gasteiger partial charge < -0.3 is 19.5 Å². The summed E-state index contributed by atoms with van der Waals surface area (Å²) in [5.41, 5.74) is 0.713. The number of hydrogen-bond donors (Lipinski definition) is 1. The minimum Gasteiger partial charge on any atom is -0.490 e. The minimum atomic E-state index is -1.06. The van der Waals surface area contributed by atoms with E-state index in [9.17, 15) is 4.79 Å². The smallest absolute Gasteiger partial charge is 0.355 e. The van der Waals surface area contributed by atoms with Crippen LogP contribution >= 0.6 is 22.9 Å². The number of benzene rings is 1. The molecular weight excluding hydrogens is 364 g/mol. The van der Waals surface area contributed by atoms with Crippen LogP contribution in [0.5, 0.6) is 11.5 Å². The fourth-order valence-electron chi connectivity index (χ4n) is 2.15. The molecular formula is C17H21ClN2O4S. The number of ether oxygens (including phenoxy) is 2. The van der Waals surface area contributed by atoms with Gasteiger partial charge in [-0.25, -0.2) is 9.78 Å². The van der Waals surface area contributed by atoms with Crippen LogP contribution in [0.4, 0.5) is 0 Å². The molecule has 0 amide bonds. The number of carboxylic acid groups (broad SMARTS) is 1. The van der Waals surface area contributed by atoms with Gasteiger partial charge in [0.2, 0.25) is 0 Å². The highest BCUT2D eigenvalue weighted by atomic mass is 35.5. The van der Waals surface area contributed by atoms with Crippen LogP contribution < -0.4 is 9.47 Å². The number of hydrogen-bond acceptors (Lipinski definition) is 6. The van der Waals surface area contributed by atoms with Crippen LogP contribution in [0, 0.1) is 0 Å². The van der Waals surface area contributed by atoms with E-state index >= 15 is 0 Å². The van der Waals surface area contributed by atoms with Crippen LogP contribution in [0.15, 0.2) is 17.5 Å². The Bertz CT molecular complexity index is 733. The molecule has 0 aliphatic rings. The van der Waals surface area contributed by atoms with E-state index in [1.54, 1.807) is 12.1 Å². The topological polar surface area (TPSA) is 71.9 Å². The lowest BCUT2D eigenvalue weighted by Gasteiger charge is -2.15. The van der Waals surface area contributed by atoms with Crippen molar-refractivity contribution in [2.24, 2.45) is 0 Å². The third kappa shape index (κ3) is 5.32. The second-order valence-corrected chi connectivity index (χ2v) is 6.83. The van der Waals surface area contributed by atoms with Gasteiger partial charge in [0.05, 0.1) is 18.2 Å². The van der Waals surface area contributed by atoms with E-state index in [-0.39, 0.29) is 5.69 Å². The lowest BCUT2D eigenvalue weighted by molar-refractivity contribution is 0.0691. The lowest BCUT2D eigenvalue weighted by Crippen LogP contribution is -2.15. The molecule has 8 heteroatoms. The first-order valence-electron chi connectivity index (χ1n) is 7.85. The monoisotopic (exact) mass is 384 g/mol. The van der Waals surface area contributed by atoms with Crippen LogP contribution in [0.2, 0.25) is 5.02 Å². The Morgan fingerprint density at radius 2 is 2.12 bits per heavy atom. The van der Waals surface area contributed by atoms with Gasteiger partial charge in [-0.15, -0.1) is 11.3 Å². The van der Waals surface area contributed by atoms with Crippen molar-refractivity contribution in [3.8, 4) is 22.1 Å². The molecule has 1 N–H and O–H groups in total. The maximum Gasteiger partial charge on any atom is 0.355 e. The summed E-state index contributed by atoms with van der Waals surface area (Å²) in [5.74, 6) is -0.0255. The Kier molecular flexibility index (Phi) is 7.04. The molecule has 1 heterocycles. The highest BCUT2D eigenvalue weighted by Crippen LogP contribution is 2.40. The number of halogens is 1. The summed E-state index contributed by atoms with van der Waals surface area (Å²) in [7, 11) is 4.01. The third-order valence-electron chi connectivity index (χ3n) is 3.28. The average molecular weight is 385 g/mol. The van der Waals surface area contributed by atoms with Gasteiger partial charge in [0, 0.05) is 17.5 Å². The first kappa shape index (κ1) is 19.5. The Hall–Kier alpha value is -1.83. The zero-order chi connectivity index (χ0) is 18.4. The number of nitrogens with zero attached hydrogens (tertiary/aromatic N) is 2. The molecule has 2 rings (SSSR count). The first-order valence-corrected chi connectivity index (χ1v) is 9.11. The summed E-state index contributed by atoms with van der Waals surface area (Å²) in [6, 6.07) is 3.50. The van der Waals surface area contributed by atoms with Gasteiger partial charge in [-0.1, -0.05) is 11.6 Å². The number of aromatic nitrogens is 1. The predicted octanol–water partition coefficient (Wildman–Crippen LogP) is 3.89. The van der Waals surface area contributed by atoms with Crippen LogP contribution in [-0.4, -0.2) is 54.8 Å². The standard InChI is InChI=1S/C17H21ClN2O4S/c1-4-23-14-9-11(16-19-13(10-25-16)17(21)22)8-12(18)15(14)24-7-5-6-20(2)3/h8-10H,4-7H2,1-3H3,(H,21,22). The second-order valence-electron chi connectivity index (χ2n) is 5.57. The Morgan fingerprint density at radius 1 is 1.36 bits per heavy atom. The van der Waals surface area contributed by atoms with Crippen molar-refractivity contribution in [3.63, 3.8) is 0 Å². The van der Waals surface area contributed by atoms with E-state index < -0.39 is 5.97 Å². The van der Waals surface area contributed by atoms with E-state index in [2.05, 4.69) is 9.88 Å². The summed E-state index contributed by atoms with van der Waals surface area (Å²) in [6.45, 7) is 3.78. The van der Waals surface area contributed by atoms with E-state index in [1.165, 1.54) is 16.7 Å². The molecule has 25 heavy (non-hydrogen) atoms. The maximum atomic E-state index is 11.0. The van der Waals surface area contributed by atoms with Gasteiger partial charge >= 0.3 is 5.97 Å². The van der Waals surface area contributed by atoms with Crippen molar-refractivity contribution >= 4 is 28.9 Å². The molecule has 0 saturated carbocycles. The van der Waals surface area contributed by atoms with Gasteiger partial charge in [0.1, 0.15) is 5.01 Å². The SMILES string of the molecule is CCOc1cc(-c2nc(C(=O)O)cs2)cc(Cl)c1OCCCN(C)C. The second kappa shape index (κ2) is 9.03. The molecule has 0 saturated heterocycles. The van der Waals surface area contributed by atoms with Crippen molar-refractivity contribution < 1.29 is 19.4 Å². The molecule has 0 fully saturated rings. The van der Waals surface area contributed by atoms with Crippen molar-refractivity contribution in [2.75, 3.05) is 33.9 Å². The van der Waals surface area contributed by atoms with E-state index in [0.29, 0.717) is 40.3 Å². The van der Waals surface area contributed by atoms with Crippen LogP contribution in [-0.2, 0) is 0 Å². The number of aromatic carboxylic acids is 1. The van der Waals surface area contributed by atoms with Crippen molar-refractivity contribution in [1.82, 2.24) is 9.88 Å². The largest absolute Gasteiger partial charge is 0.490 e. The fraction of sp³-hybridized carbons (Fsp3) is 0.412. The van der Waals surface area contributed by atoms with Gasteiger partial charge in [-0.2, -0.15) is 0 Å². The molecule has 136 valence electrons. The lowest BCUT2D eigenvalue weighted by atomic mass is 10.2. The molecule has 6 nitrogen and oxygen atoms in total. The normalized spacial score (nSPS) is 10.9. The molecule has 1 aromatic heterocycles. The fourth-order valence-corrected chi connectivity index (χ4v) is 3.20. The molecule has 0 radical (unpaired) electrons. The zero-order valence-corrected chi connectivity index (χ0v) is 16.0. The van der Waals surface area contributed by atoms with Crippen LogP contribution in [0.3, 0.4) is 0 Å².